The monoisotopic (exact) mass is 230 g/mol. The first kappa shape index (κ1) is 12.0. The number of rotatable bonds is 3. The lowest BCUT2D eigenvalue weighted by Gasteiger charge is -2.14. The first-order valence-electron chi connectivity index (χ1n) is 3.71. The van der Waals surface area contributed by atoms with Crippen molar-refractivity contribution in [1.29, 1.82) is 0 Å². The van der Waals surface area contributed by atoms with E-state index in [9.17, 15) is 4.57 Å². The molecule has 0 saturated carbocycles. The van der Waals surface area contributed by atoms with E-state index in [4.69, 9.17) is 25.1 Å². The molecule has 1 saturated heterocycles. The van der Waals surface area contributed by atoms with Crippen LogP contribution in [0.3, 0.4) is 0 Å². The van der Waals surface area contributed by atoms with E-state index < -0.39 is 39.0 Å². The number of ether oxygens (including phenoxy) is 1. The molecule has 0 bridgehead atoms. The second-order valence-corrected chi connectivity index (χ2v) is 4.07. The summed E-state index contributed by atoms with van der Waals surface area (Å²) in [6.45, 7) is -0.612. The molecule has 1 fully saturated rings. The summed E-state index contributed by atoms with van der Waals surface area (Å²) in [5.41, 5.74) is 0. The van der Waals surface area contributed by atoms with E-state index in [1.54, 1.807) is 0 Å². The zero-order chi connectivity index (χ0) is 10.9. The van der Waals surface area contributed by atoms with Gasteiger partial charge in [0, 0.05) is 0 Å². The fourth-order valence-electron chi connectivity index (χ4n) is 1.04. The minimum atomic E-state index is -4.64. The Morgan fingerprint density at radius 1 is 1.21 bits per heavy atom. The highest BCUT2D eigenvalue weighted by Gasteiger charge is 2.42. The molecular weight excluding hydrogens is 219 g/mol. The molecule has 2 unspecified atom stereocenters. The molecule has 14 heavy (non-hydrogen) atoms. The number of hydrogen-bond acceptors (Lipinski definition) is 6. The van der Waals surface area contributed by atoms with E-state index in [0.29, 0.717) is 0 Å². The van der Waals surface area contributed by atoms with Crippen molar-refractivity contribution >= 4 is 7.82 Å². The maximum atomic E-state index is 10.3. The van der Waals surface area contributed by atoms with Crippen LogP contribution in [0.15, 0.2) is 0 Å². The molecule has 0 aromatic rings. The number of phosphoric ester groups is 1. The minimum Gasteiger partial charge on any atom is -0.387 e. The zero-order valence-electron chi connectivity index (χ0n) is 6.92. The summed E-state index contributed by atoms with van der Waals surface area (Å²) in [6, 6.07) is 0. The number of aliphatic hydroxyl groups is 3. The summed E-state index contributed by atoms with van der Waals surface area (Å²) in [6.07, 6.45) is -5.67. The highest BCUT2D eigenvalue weighted by atomic mass is 31.2. The van der Waals surface area contributed by atoms with Crippen LogP contribution in [0, 0.1) is 0 Å². The first-order chi connectivity index (χ1) is 6.31. The maximum absolute atomic E-state index is 10.3. The van der Waals surface area contributed by atoms with Gasteiger partial charge in [0.2, 0.25) is 0 Å². The van der Waals surface area contributed by atoms with Crippen LogP contribution in [-0.2, 0) is 13.8 Å². The van der Waals surface area contributed by atoms with E-state index >= 15 is 0 Å². The smallest absolute Gasteiger partial charge is 0.387 e. The Morgan fingerprint density at radius 2 is 1.79 bits per heavy atom. The van der Waals surface area contributed by atoms with Crippen molar-refractivity contribution in [2.24, 2.45) is 0 Å². The largest absolute Gasteiger partial charge is 0.469 e. The lowest BCUT2D eigenvalue weighted by atomic mass is 10.1. The van der Waals surface area contributed by atoms with E-state index in [1.165, 1.54) is 0 Å². The summed E-state index contributed by atoms with van der Waals surface area (Å²) < 4.78 is 18.9. The molecule has 9 heteroatoms. The third-order valence-electron chi connectivity index (χ3n) is 1.74. The zero-order valence-corrected chi connectivity index (χ0v) is 7.82. The molecule has 1 aliphatic rings. The van der Waals surface area contributed by atoms with E-state index in [2.05, 4.69) is 9.26 Å². The van der Waals surface area contributed by atoms with Crippen LogP contribution in [0.5, 0.6) is 0 Å². The highest BCUT2D eigenvalue weighted by Crippen LogP contribution is 2.36. The van der Waals surface area contributed by atoms with Crippen molar-refractivity contribution in [3.05, 3.63) is 0 Å². The van der Waals surface area contributed by atoms with Crippen LogP contribution < -0.4 is 0 Å². The van der Waals surface area contributed by atoms with Crippen molar-refractivity contribution in [2.45, 2.75) is 24.6 Å². The van der Waals surface area contributed by atoms with Crippen molar-refractivity contribution in [3.63, 3.8) is 0 Å². The second-order valence-electron chi connectivity index (χ2n) is 2.83. The van der Waals surface area contributed by atoms with E-state index in [1.807, 2.05) is 0 Å². The Hall–Kier alpha value is -0.0500. The maximum Gasteiger partial charge on any atom is 0.469 e. The van der Waals surface area contributed by atoms with Crippen molar-refractivity contribution in [2.75, 3.05) is 6.61 Å². The van der Waals surface area contributed by atoms with Crippen LogP contribution >= 0.6 is 7.82 Å². The van der Waals surface area contributed by atoms with Crippen molar-refractivity contribution in [3.8, 4) is 0 Å². The quantitative estimate of drug-likeness (QED) is 0.336. The molecule has 1 aliphatic heterocycles. The minimum absolute atomic E-state index is 0.612. The van der Waals surface area contributed by atoms with Crippen LogP contribution in [0.4, 0.5) is 0 Å². The molecule has 1 heterocycles. The number of aliphatic hydroxyl groups excluding tert-OH is 3. The predicted octanol–water partition coefficient (Wildman–Crippen LogP) is -2.47. The Bertz CT molecular complexity index is 238. The fraction of sp³-hybridized carbons (Fsp3) is 1.00. The Balaban J connectivity index is 2.44. The van der Waals surface area contributed by atoms with Gasteiger partial charge in [-0.25, -0.2) is 4.57 Å². The summed E-state index contributed by atoms with van der Waals surface area (Å²) in [7, 11) is -4.64. The molecule has 5 N–H and O–H groups in total. The fourth-order valence-corrected chi connectivity index (χ4v) is 1.38. The van der Waals surface area contributed by atoms with Crippen molar-refractivity contribution < 1.29 is 38.9 Å². The lowest BCUT2D eigenvalue weighted by molar-refractivity contribution is -0.132. The average Bonchev–Trinajstić information content (AvgIpc) is 2.28. The van der Waals surface area contributed by atoms with Crippen molar-refractivity contribution in [1.82, 2.24) is 0 Å². The Kier molecular flexibility index (Phi) is 3.62. The van der Waals surface area contributed by atoms with Crippen LogP contribution in [0.1, 0.15) is 0 Å². The number of phosphoric acid groups is 1. The lowest BCUT2D eigenvalue weighted by Crippen LogP contribution is -2.34. The van der Waals surface area contributed by atoms with Gasteiger partial charge in [0.25, 0.3) is 0 Å². The van der Waals surface area contributed by atoms with Gasteiger partial charge in [0.15, 0.2) is 6.29 Å². The highest BCUT2D eigenvalue weighted by molar-refractivity contribution is 7.46. The topological polar surface area (TPSA) is 137 Å². The molecule has 0 amide bonds. The molecule has 0 aliphatic carbocycles. The van der Waals surface area contributed by atoms with Gasteiger partial charge in [-0.05, 0) is 0 Å². The Labute approximate surface area is 78.9 Å². The summed E-state index contributed by atoms with van der Waals surface area (Å²) in [4.78, 5) is 16.6. The van der Waals surface area contributed by atoms with Gasteiger partial charge in [-0.15, -0.1) is 0 Å². The third kappa shape index (κ3) is 2.97. The van der Waals surface area contributed by atoms with Gasteiger partial charge in [0.05, 0.1) is 6.61 Å². The predicted molar refractivity (Wildman–Crippen MR) is 40.9 cm³/mol. The van der Waals surface area contributed by atoms with Gasteiger partial charge in [-0.1, -0.05) is 0 Å². The molecule has 0 spiro atoms. The van der Waals surface area contributed by atoms with Gasteiger partial charge in [-0.2, -0.15) is 0 Å². The van der Waals surface area contributed by atoms with Gasteiger partial charge < -0.3 is 29.8 Å². The average molecular weight is 230 g/mol. The van der Waals surface area contributed by atoms with Crippen LogP contribution in [0.2, 0.25) is 0 Å². The van der Waals surface area contributed by atoms with E-state index in [-0.39, 0.29) is 0 Å². The molecule has 1 rings (SSSR count). The first-order valence-corrected chi connectivity index (χ1v) is 5.24. The summed E-state index contributed by atoms with van der Waals surface area (Å²) in [5.74, 6) is 0. The molecule has 0 aromatic carbocycles. The molecule has 0 aromatic heterocycles. The van der Waals surface area contributed by atoms with Crippen LogP contribution in [-0.4, -0.2) is 56.3 Å². The van der Waals surface area contributed by atoms with Gasteiger partial charge >= 0.3 is 7.82 Å². The van der Waals surface area contributed by atoms with Gasteiger partial charge in [-0.3, -0.25) is 4.52 Å². The summed E-state index contributed by atoms with van der Waals surface area (Å²) in [5, 5.41) is 27.0. The molecule has 8 nitrogen and oxygen atoms in total. The summed E-state index contributed by atoms with van der Waals surface area (Å²) >= 11 is 0. The second kappa shape index (κ2) is 4.21. The third-order valence-corrected chi connectivity index (χ3v) is 2.23. The molecule has 0 radical (unpaired) electrons. The normalized spacial score (nSPS) is 38.9. The molecule has 84 valence electrons. The molecular formula is C5H11O8P. The van der Waals surface area contributed by atoms with Crippen LogP contribution in [0.25, 0.3) is 0 Å². The molecule has 4 atom stereocenters. The van der Waals surface area contributed by atoms with Gasteiger partial charge in [0.1, 0.15) is 18.3 Å². The standard InChI is InChI=1S/C5H11O8P/c6-3-2(1-12-14(9,10)11)13-5(8)4(3)7/h2-8H,1H2,(H2,9,10,11)/t2-,3+,4?,5?/m1/s1. The SMILES string of the molecule is O=P(O)(O)OC[C@H]1OC(O)C(O)[C@H]1O. The number of hydrogen-bond donors (Lipinski definition) is 5. The van der Waals surface area contributed by atoms with E-state index in [0.717, 1.165) is 0 Å². The Morgan fingerprint density at radius 3 is 2.14 bits per heavy atom.